The molecule has 2 aromatic rings. The van der Waals surface area contributed by atoms with Gasteiger partial charge in [0.2, 0.25) is 0 Å². The number of halogens is 1. The molecule has 0 aromatic heterocycles. The summed E-state index contributed by atoms with van der Waals surface area (Å²) in [5, 5.41) is 3.64. The monoisotopic (exact) mass is 497 g/mol. The van der Waals surface area contributed by atoms with Crippen molar-refractivity contribution < 1.29 is 4.74 Å². The molecule has 0 spiro atoms. The Kier molecular flexibility index (Phi) is 8.66. The number of likely N-dealkylation sites (tertiary alicyclic amines) is 1. The summed E-state index contributed by atoms with van der Waals surface area (Å²) in [4.78, 5) is 5.09. The number of piperidine rings is 1. The maximum absolute atomic E-state index is 5.69. The van der Waals surface area contributed by atoms with Crippen molar-refractivity contribution in [3.05, 3.63) is 75.9 Å². The molecule has 4 rings (SSSR count). The Bertz CT molecular complexity index is 878. The quantitative estimate of drug-likeness (QED) is 0.499. The summed E-state index contributed by atoms with van der Waals surface area (Å²) in [5.41, 5.74) is 4.17. The van der Waals surface area contributed by atoms with Crippen molar-refractivity contribution in [1.29, 1.82) is 0 Å². The molecule has 0 saturated carbocycles. The third-order valence-corrected chi connectivity index (χ3v) is 7.39. The van der Waals surface area contributed by atoms with Crippen molar-refractivity contribution in [2.45, 2.75) is 39.2 Å². The molecule has 2 aliphatic heterocycles. The van der Waals surface area contributed by atoms with Crippen molar-refractivity contribution in [1.82, 2.24) is 15.1 Å². The lowest BCUT2D eigenvalue weighted by molar-refractivity contribution is 0.183. The molecule has 1 fully saturated rings. The standard InChI is InChI=1S/C27H36BrN3O/c1-2-32-26-8-9-27(28)24(19-26)18-22-10-14-30(15-11-22)16-12-25-13-17-31(21-29-25)20-23-6-4-3-5-7-23/h3-9,13,19,22,29H,2,10-12,14-18,20-21H2,1H3. The van der Waals surface area contributed by atoms with Crippen LogP contribution >= 0.6 is 15.9 Å². The van der Waals surface area contributed by atoms with E-state index in [0.29, 0.717) is 0 Å². The summed E-state index contributed by atoms with van der Waals surface area (Å²) in [6.45, 7) is 9.32. The van der Waals surface area contributed by atoms with E-state index in [4.69, 9.17) is 4.74 Å². The van der Waals surface area contributed by atoms with Crippen LogP contribution in [0.5, 0.6) is 5.75 Å². The zero-order valence-corrected chi connectivity index (χ0v) is 20.8. The van der Waals surface area contributed by atoms with Gasteiger partial charge in [-0.3, -0.25) is 4.90 Å². The van der Waals surface area contributed by atoms with E-state index in [2.05, 4.69) is 85.7 Å². The third kappa shape index (κ3) is 6.84. The predicted octanol–water partition coefficient (Wildman–Crippen LogP) is 5.44. The van der Waals surface area contributed by atoms with Gasteiger partial charge in [-0.15, -0.1) is 0 Å². The lowest BCUT2D eigenvalue weighted by Gasteiger charge is -2.33. The second-order valence-electron chi connectivity index (χ2n) is 8.99. The summed E-state index contributed by atoms with van der Waals surface area (Å²) in [6.07, 6.45) is 7.21. The minimum absolute atomic E-state index is 0.718. The van der Waals surface area contributed by atoms with Crippen molar-refractivity contribution in [2.75, 3.05) is 39.5 Å². The first-order chi connectivity index (χ1) is 15.7. The Balaban J connectivity index is 1.17. The van der Waals surface area contributed by atoms with Crippen LogP contribution in [0.1, 0.15) is 37.3 Å². The van der Waals surface area contributed by atoms with E-state index in [0.717, 1.165) is 57.4 Å². The molecule has 2 aromatic carbocycles. The minimum atomic E-state index is 0.718. The van der Waals surface area contributed by atoms with Crippen molar-refractivity contribution in [3.8, 4) is 5.75 Å². The van der Waals surface area contributed by atoms with E-state index < -0.39 is 0 Å². The van der Waals surface area contributed by atoms with Crippen molar-refractivity contribution in [2.24, 2.45) is 5.92 Å². The maximum atomic E-state index is 5.69. The van der Waals surface area contributed by atoms with Gasteiger partial charge < -0.3 is 15.0 Å². The second-order valence-corrected chi connectivity index (χ2v) is 9.84. The van der Waals surface area contributed by atoms with Crippen LogP contribution in [0.2, 0.25) is 0 Å². The van der Waals surface area contributed by atoms with Gasteiger partial charge in [0.1, 0.15) is 5.75 Å². The molecule has 0 aliphatic carbocycles. The van der Waals surface area contributed by atoms with E-state index in [9.17, 15) is 0 Å². The first-order valence-electron chi connectivity index (χ1n) is 12.0. The topological polar surface area (TPSA) is 27.7 Å². The van der Waals surface area contributed by atoms with Crippen LogP contribution in [0.25, 0.3) is 0 Å². The molecule has 1 saturated heterocycles. The van der Waals surface area contributed by atoms with Gasteiger partial charge in [-0.2, -0.15) is 0 Å². The van der Waals surface area contributed by atoms with Crippen LogP contribution in [0.15, 0.2) is 64.8 Å². The summed E-state index contributed by atoms with van der Waals surface area (Å²) in [6, 6.07) is 17.1. The zero-order valence-electron chi connectivity index (χ0n) is 19.2. The zero-order chi connectivity index (χ0) is 22.2. The number of nitrogens with one attached hydrogen (secondary N) is 1. The molecule has 0 amide bonds. The molecule has 0 bridgehead atoms. The number of rotatable bonds is 9. The molecular weight excluding hydrogens is 462 g/mol. The number of benzene rings is 2. The lowest BCUT2D eigenvalue weighted by Crippen LogP contribution is -2.40. The van der Waals surface area contributed by atoms with Crippen molar-refractivity contribution in [3.63, 3.8) is 0 Å². The molecule has 0 atom stereocenters. The molecule has 2 heterocycles. The fourth-order valence-electron chi connectivity index (χ4n) is 4.71. The largest absolute Gasteiger partial charge is 0.494 e. The fraction of sp³-hybridized carbons (Fsp3) is 0.481. The molecule has 32 heavy (non-hydrogen) atoms. The first-order valence-corrected chi connectivity index (χ1v) is 12.8. The van der Waals surface area contributed by atoms with Crippen molar-refractivity contribution >= 4 is 15.9 Å². The van der Waals surface area contributed by atoms with Crippen LogP contribution in [-0.4, -0.2) is 49.3 Å². The lowest BCUT2D eigenvalue weighted by atomic mass is 9.90. The van der Waals surface area contributed by atoms with E-state index >= 15 is 0 Å². The van der Waals surface area contributed by atoms with Gasteiger partial charge in [0.05, 0.1) is 13.3 Å². The Morgan fingerprint density at radius 3 is 2.59 bits per heavy atom. The van der Waals surface area contributed by atoms with Crippen LogP contribution in [-0.2, 0) is 13.0 Å². The molecule has 172 valence electrons. The summed E-state index contributed by atoms with van der Waals surface area (Å²) in [5.74, 6) is 1.75. The summed E-state index contributed by atoms with van der Waals surface area (Å²) >= 11 is 3.73. The average Bonchev–Trinajstić information content (AvgIpc) is 2.82. The molecule has 4 nitrogen and oxygen atoms in total. The normalized spacial score (nSPS) is 18.2. The molecular formula is C27H36BrN3O. The molecule has 2 aliphatic rings. The van der Waals surface area contributed by atoms with Crippen LogP contribution in [0, 0.1) is 5.92 Å². The highest BCUT2D eigenvalue weighted by Crippen LogP contribution is 2.29. The summed E-state index contributed by atoms with van der Waals surface area (Å²) in [7, 11) is 0. The molecule has 5 heteroatoms. The molecule has 0 unspecified atom stereocenters. The first kappa shape index (κ1) is 23.3. The number of hydrogen-bond acceptors (Lipinski definition) is 4. The van der Waals surface area contributed by atoms with Crippen LogP contribution < -0.4 is 10.1 Å². The van der Waals surface area contributed by atoms with E-state index in [1.54, 1.807) is 0 Å². The molecule has 1 N–H and O–H groups in total. The Hall–Kier alpha value is -1.82. The smallest absolute Gasteiger partial charge is 0.119 e. The van der Waals surface area contributed by atoms with Gasteiger partial charge in [-0.25, -0.2) is 0 Å². The highest BCUT2D eigenvalue weighted by molar-refractivity contribution is 9.10. The van der Waals surface area contributed by atoms with E-state index in [-0.39, 0.29) is 0 Å². The van der Waals surface area contributed by atoms with Gasteiger partial charge in [-0.1, -0.05) is 52.3 Å². The SMILES string of the molecule is CCOc1ccc(Br)c(CC2CCN(CCC3=CCN(Cc4ccccc4)CN3)CC2)c1. The van der Waals surface area contributed by atoms with Gasteiger partial charge in [0, 0.05) is 29.8 Å². The predicted molar refractivity (Wildman–Crippen MR) is 136 cm³/mol. The van der Waals surface area contributed by atoms with Gasteiger partial charge in [0.15, 0.2) is 0 Å². The van der Waals surface area contributed by atoms with Gasteiger partial charge >= 0.3 is 0 Å². The highest BCUT2D eigenvalue weighted by Gasteiger charge is 2.21. The second kappa shape index (κ2) is 11.9. The Morgan fingerprint density at radius 2 is 1.88 bits per heavy atom. The fourth-order valence-corrected chi connectivity index (χ4v) is 5.12. The minimum Gasteiger partial charge on any atom is -0.494 e. The number of hydrogen-bond donors (Lipinski definition) is 1. The average molecular weight is 499 g/mol. The van der Waals surface area contributed by atoms with Crippen LogP contribution in [0.3, 0.4) is 0 Å². The third-order valence-electron chi connectivity index (χ3n) is 6.62. The maximum Gasteiger partial charge on any atom is 0.119 e. The summed E-state index contributed by atoms with van der Waals surface area (Å²) < 4.78 is 6.90. The van der Waals surface area contributed by atoms with E-state index in [1.807, 2.05) is 6.92 Å². The van der Waals surface area contributed by atoms with Crippen LogP contribution in [0.4, 0.5) is 0 Å². The number of nitrogens with zero attached hydrogens (tertiary/aromatic N) is 2. The Morgan fingerprint density at radius 1 is 1.06 bits per heavy atom. The van der Waals surface area contributed by atoms with Gasteiger partial charge in [0.25, 0.3) is 0 Å². The Labute approximate surface area is 201 Å². The molecule has 0 radical (unpaired) electrons. The highest BCUT2D eigenvalue weighted by atomic mass is 79.9. The number of ether oxygens (including phenoxy) is 1. The van der Waals surface area contributed by atoms with Gasteiger partial charge in [-0.05, 0) is 80.9 Å². The van der Waals surface area contributed by atoms with E-state index in [1.165, 1.54) is 47.2 Å².